The molecule has 0 saturated carbocycles. The molecule has 0 aliphatic carbocycles. The summed E-state index contributed by atoms with van der Waals surface area (Å²) < 4.78 is 10.9. The third-order valence-corrected chi connectivity index (χ3v) is 3.27. The van der Waals surface area contributed by atoms with Crippen molar-refractivity contribution in [2.45, 2.75) is 52.2 Å². The number of carbonyl (C=O) groups is 1. The highest BCUT2D eigenvalue weighted by Crippen LogP contribution is 2.26. The molecule has 1 rings (SSSR count). The molecule has 0 aliphatic heterocycles. The Balaban J connectivity index is 2.75. The van der Waals surface area contributed by atoms with E-state index in [0.29, 0.717) is 30.0 Å². The third-order valence-electron chi connectivity index (χ3n) is 3.27. The molecule has 5 heteroatoms. The van der Waals surface area contributed by atoms with Gasteiger partial charge in [0, 0.05) is 24.6 Å². The average Bonchev–Trinajstić information content (AvgIpc) is 2.50. The second kappa shape index (κ2) is 8.89. The summed E-state index contributed by atoms with van der Waals surface area (Å²) in [5, 5.41) is 13.2. The molecule has 0 aliphatic rings. The maximum absolute atomic E-state index is 12.2. The van der Waals surface area contributed by atoms with E-state index in [2.05, 4.69) is 5.32 Å². The Kier molecular flexibility index (Phi) is 7.52. The van der Waals surface area contributed by atoms with Gasteiger partial charge in [-0.15, -0.1) is 0 Å². The Morgan fingerprint density at radius 3 is 2.61 bits per heavy atom. The molecule has 0 fully saturated rings. The van der Waals surface area contributed by atoms with Crippen molar-refractivity contribution in [3.8, 4) is 11.5 Å². The van der Waals surface area contributed by atoms with Crippen LogP contribution >= 0.6 is 0 Å². The van der Waals surface area contributed by atoms with E-state index < -0.39 is 6.10 Å². The van der Waals surface area contributed by atoms with Crippen molar-refractivity contribution in [1.82, 2.24) is 5.32 Å². The molecule has 1 atom stereocenters. The van der Waals surface area contributed by atoms with Gasteiger partial charge in [0.1, 0.15) is 24.2 Å². The van der Waals surface area contributed by atoms with E-state index in [9.17, 15) is 9.90 Å². The molecule has 0 radical (unpaired) electrons. The van der Waals surface area contributed by atoms with Gasteiger partial charge in [-0.25, -0.2) is 0 Å². The van der Waals surface area contributed by atoms with Crippen LogP contribution in [0.25, 0.3) is 0 Å². The molecule has 0 spiro atoms. The van der Waals surface area contributed by atoms with Crippen LogP contribution in [0.3, 0.4) is 0 Å². The molecule has 2 N–H and O–H groups in total. The van der Waals surface area contributed by atoms with Crippen LogP contribution in [0, 0.1) is 0 Å². The Morgan fingerprint density at radius 2 is 2.04 bits per heavy atom. The molecule has 1 unspecified atom stereocenters. The summed E-state index contributed by atoms with van der Waals surface area (Å²) >= 11 is 0. The number of rotatable bonds is 9. The molecule has 0 amide bonds. The highest BCUT2D eigenvalue weighted by atomic mass is 16.5. The van der Waals surface area contributed by atoms with E-state index >= 15 is 0 Å². The van der Waals surface area contributed by atoms with Crippen LogP contribution in [-0.2, 0) is 0 Å². The Bertz CT molecular complexity index is 508. The predicted molar refractivity (Wildman–Crippen MR) is 91.5 cm³/mol. The highest BCUT2D eigenvalue weighted by Gasteiger charge is 2.16. The number of hydrogen-bond donors (Lipinski definition) is 2. The minimum Gasteiger partial charge on any atom is -0.497 e. The highest BCUT2D eigenvalue weighted by molar-refractivity contribution is 5.98. The summed E-state index contributed by atoms with van der Waals surface area (Å²) in [5.41, 5.74) is 0.461. The Morgan fingerprint density at radius 1 is 1.35 bits per heavy atom. The molecule has 0 aromatic heterocycles. The van der Waals surface area contributed by atoms with Crippen molar-refractivity contribution in [1.29, 1.82) is 0 Å². The van der Waals surface area contributed by atoms with Crippen molar-refractivity contribution < 1.29 is 19.4 Å². The molecule has 0 bridgehead atoms. The van der Waals surface area contributed by atoms with E-state index in [1.165, 1.54) is 0 Å². The monoisotopic (exact) mass is 323 g/mol. The molecular weight excluding hydrogens is 294 g/mol. The Hall–Kier alpha value is -1.59. The zero-order valence-electron chi connectivity index (χ0n) is 14.8. The number of hydrogen-bond acceptors (Lipinski definition) is 5. The van der Waals surface area contributed by atoms with Gasteiger partial charge in [-0.2, -0.15) is 0 Å². The van der Waals surface area contributed by atoms with Crippen LogP contribution in [0.2, 0.25) is 0 Å². The smallest absolute Gasteiger partial charge is 0.166 e. The normalized spacial score (nSPS) is 12.8. The summed E-state index contributed by atoms with van der Waals surface area (Å²) in [5.74, 6) is 1.11. The van der Waals surface area contributed by atoms with Gasteiger partial charge < -0.3 is 19.9 Å². The first-order valence-corrected chi connectivity index (χ1v) is 8.04. The molecule has 130 valence electrons. The third kappa shape index (κ3) is 7.01. The van der Waals surface area contributed by atoms with Crippen LogP contribution in [0.15, 0.2) is 18.2 Å². The average molecular weight is 323 g/mol. The van der Waals surface area contributed by atoms with Gasteiger partial charge in [-0.05, 0) is 39.3 Å². The number of benzene rings is 1. The maximum atomic E-state index is 12.2. The summed E-state index contributed by atoms with van der Waals surface area (Å²) in [6.45, 7) is 8.59. The zero-order valence-corrected chi connectivity index (χ0v) is 14.8. The zero-order chi connectivity index (χ0) is 17.5. The van der Waals surface area contributed by atoms with E-state index in [1.807, 2.05) is 27.7 Å². The first-order chi connectivity index (χ1) is 10.8. The lowest BCUT2D eigenvalue weighted by Gasteiger charge is -2.23. The van der Waals surface area contributed by atoms with Crippen LogP contribution < -0.4 is 14.8 Å². The van der Waals surface area contributed by atoms with Crippen molar-refractivity contribution in [2.24, 2.45) is 0 Å². The number of carbonyl (C=O) groups excluding carboxylic acids is 1. The lowest BCUT2D eigenvalue weighted by molar-refractivity contribution is 0.0932. The topological polar surface area (TPSA) is 67.8 Å². The molecule has 1 aromatic carbocycles. The number of aliphatic hydroxyl groups is 1. The molecule has 5 nitrogen and oxygen atoms in total. The SMILES string of the molecule is CCCC(=O)c1ccc(OC)cc1OCC(O)CNC(C)(C)C. The van der Waals surface area contributed by atoms with Gasteiger partial charge in [0.15, 0.2) is 5.78 Å². The van der Waals surface area contributed by atoms with Crippen molar-refractivity contribution in [2.75, 3.05) is 20.3 Å². The number of Topliss-reactive ketones (excluding diaryl/α,β-unsaturated/α-hetero) is 1. The van der Waals surface area contributed by atoms with Crippen molar-refractivity contribution >= 4 is 5.78 Å². The summed E-state index contributed by atoms with van der Waals surface area (Å²) in [7, 11) is 1.56. The van der Waals surface area contributed by atoms with Gasteiger partial charge in [-0.3, -0.25) is 4.79 Å². The van der Waals surface area contributed by atoms with Gasteiger partial charge in [-0.1, -0.05) is 6.92 Å². The van der Waals surface area contributed by atoms with Crippen LogP contribution in [0.1, 0.15) is 50.9 Å². The van der Waals surface area contributed by atoms with E-state index in [0.717, 1.165) is 6.42 Å². The quantitative estimate of drug-likeness (QED) is 0.684. The van der Waals surface area contributed by atoms with Crippen molar-refractivity contribution in [3.05, 3.63) is 23.8 Å². The summed E-state index contributed by atoms with van der Waals surface area (Å²) in [4.78, 5) is 12.2. The Labute approximate surface area is 139 Å². The molecular formula is C18H29NO4. The number of ketones is 1. The molecule has 0 heterocycles. The van der Waals surface area contributed by atoms with Gasteiger partial charge in [0.25, 0.3) is 0 Å². The first-order valence-electron chi connectivity index (χ1n) is 8.04. The molecule has 1 aromatic rings. The van der Waals surface area contributed by atoms with Crippen LogP contribution in [-0.4, -0.2) is 42.8 Å². The van der Waals surface area contributed by atoms with Crippen LogP contribution in [0.4, 0.5) is 0 Å². The molecule has 23 heavy (non-hydrogen) atoms. The molecule has 0 saturated heterocycles. The second-order valence-electron chi connectivity index (χ2n) is 6.63. The lowest BCUT2D eigenvalue weighted by Crippen LogP contribution is -2.42. The van der Waals surface area contributed by atoms with Crippen molar-refractivity contribution in [3.63, 3.8) is 0 Å². The van der Waals surface area contributed by atoms with E-state index in [1.54, 1.807) is 25.3 Å². The summed E-state index contributed by atoms with van der Waals surface area (Å²) in [6.07, 6.45) is 0.591. The number of methoxy groups -OCH3 is 1. The van der Waals surface area contributed by atoms with Gasteiger partial charge >= 0.3 is 0 Å². The van der Waals surface area contributed by atoms with Crippen LogP contribution in [0.5, 0.6) is 11.5 Å². The number of β-amino-alcohol motifs (C(OH)–C–C–N with tert-alkyl or cyclic N) is 1. The fraction of sp³-hybridized carbons (Fsp3) is 0.611. The maximum Gasteiger partial charge on any atom is 0.166 e. The summed E-state index contributed by atoms with van der Waals surface area (Å²) in [6, 6.07) is 5.14. The lowest BCUT2D eigenvalue weighted by atomic mass is 10.1. The van der Waals surface area contributed by atoms with Gasteiger partial charge in [0.05, 0.1) is 12.7 Å². The largest absolute Gasteiger partial charge is 0.497 e. The predicted octanol–water partition coefficient (Wildman–Crippen LogP) is 2.81. The van der Waals surface area contributed by atoms with E-state index in [-0.39, 0.29) is 17.9 Å². The first kappa shape index (κ1) is 19.5. The fourth-order valence-corrected chi connectivity index (χ4v) is 2.01. The standard InChI is InChI=1S/C18H29NO4/c1-6-7-16(21)15-9-8-14(22-5)10-17(15)23-12-13(20)11-19-18(2,3)4/h8-10,13,19-20H,6-7,11-12H2,1-5H3. The number of nitrogens with one attached hydrogen (secondary N) is 1. The number of ether oxygens (including phenoxy) is 2. The second-order valence-corrected chi connectivity index (χ2v) is 6.63. The van der Waals surface area contributed by atoms with E-state index in [4.69, 9.17) is 9.47 Å². The minimum absolute atomic E-state index is 0.0347. The number of aliphatic hydroxyl groups excluding tert-OH is 1. The fourth-order valence-electron chi connectivity index (χ4n) is 2.01. The van der Waals surface area contributed by atoms with Gasteiger partial charge in [0.2, 0.25) is 0 Å². The minimum atomic E-state index is -0.658.